The summed E-state index contributed by atoms with van der Waals surface area (Å²) in [5.41, 5.74) is 3.57. The molecule has 16 heavy (non-hydrogen) atoms. The number of likely N-dealkylation sites (tertiary alicyclic amines) is 1. The maximum Gasteiger partial charge on any atom is 0.244 e. The molecular weight excluding hydrogens is 200 g/mol. The van der Waals surface area contributed by atoms with Gasteiger partial charge >= 0.3 is 0 Å². The van der Waals surface area contributed by atoms with Crippen molar-refractivity contribution in [1.82, 2.24) is 4.90 Å². The zero-order valence-electron chi connectivity index (χ0n) is 10.1. The Hall–Kier alpha value is -1.51. The van der Waals surface area contributed by atoms with Gasteiger partial charge in [-0.05, 0) is 43.5 Å². The van der Waals surface area contributed by atoms with E-state index in [2.05, 4.69) is 31.3 Å². The van der Waals surface area contributed by atoms with Gasteiger partial charge in [0.15, 0.2) is 0 Å². The first kappa shape index (κ1) is 11.0. The summed E-state index contributed by atoms with van der Waals surface area (Å²) >= 11 is 0. The first-order valence-corrected chi connectivity index (χ1v) is 5.66. The highest BCUT2D eigenvalue weighted by molar-refractivity contribution is 5.86. The van der Waals surface area contributed by atoms with E-state index >= 15 is 0 Å². The smallest absolute Gasteiger partial charge is 0.244 e. The Morgan fingerprint density at radius 1 is 1.31 bits per heavy atom. The van der Waals surface area contributed by atoms with Crippen LogP contribution >= 0.6 is 0 Å². The summed E-state index contributed by atoms with van der Waals surface area (Å²) in [7, 11) is 1.85. The Morgan fingerprint density at radius 2 is 2.06 bits per heavy atom. The van der Waals surface area contributed by atoms with E-state index in [1.807, 2.05) is 13.1 Å². The molecule has 1 aromatic rings. The molecule has 0 spiro atoms. The van der Waals surface area contributed by atoms with Crippen molar-refractivity contribution >= 4 is 11.6 Å². The third-order valence-electron chi connectivity index (χ3n) is 3.28. The molecule has 3 nitrogen and oxygen atoms in total. The average Bonchev–Trinajstić information content (AvgIpc) is 2.55. The van der Waals surface area contributed by atoms with Gasteiger partial charge in [-0.25, -0.2) is 0 Å². The van der Waals surface area contributed by atoms with Crippen molar-refractivity contribution in [2.75, 3.05) is 18.9 Å². The summed E-state index contributed by atoms with van der Waals surface area (Å²) in [4.78, 5) is 13.5. The van der Waals surface area contributed by atoms with Crippen LogP contribution in [0.5, 0.6) is 0 Å². The monoisotopic (exact) mass is 218 g/mol. The number of carbonyl (C=O) groups is 1. The topological polar surface area (TPSA) is 32.3 Å². The van der Waals surface area contributed by atoms with Crippen LogP contribution in [-0.4, -0.2) is 30.4 Å². The zero-order chi connectivity index (χ0) is 11.7. The number of nitrogens with zero attached hydrogens (tertiary/aromatic N) is 1. The number of rotatable bonds is 2. The summed E-state index contributed by atoms with van der Waals surface area (Å²) in [5, 5.41) is 3.30. The highest BCUT2D eigenvalue weighted by Crippen LogP contribution is 2.18. The van der Waals surface area contributed by atoms with Crippen LogP contribution < -0.4 is 5.32 Å². The molecule has 86 valence electrons. The summed E-state index contributed by atoms with van der Waals surface area (Å²) in [6, 6.07) is 6.17. The van der Waals surface area contributed by atoms with Crippen molar-refractivity contribution in [2.45, 2.75) is 26.3 Å². The van der Waals surface area contributed by atoms with E-state index in [1.54, 1.807) is 4.90 Å². The molecule has 0 radical (unpaired) electrons. The van der Waals surface area contributed by atoms with E-state index in [0.29, 0.717) is 0 Å². The molecule has 1 amide bonds. The number of hydrogen-bond acceptors (Lipinski definition) is 2. The Labute approximate surface area is 96.5 Å². The number of anilines is 1. The third-order valence-corrected chi connectivity index (χ3v) is 3.28. The van der Waals surface area contributed by atoms with Crippen LogP contribution in [0.1, 0.15) is 17.5 Å². The molecule has 1 N–H and O–H groups in total. The predicted molar refractivity (Wildman–Crippen MR) is 65.6 cm³/mol. The van der Waals surface area contributed by atoms with E-state index in [1.165, 1.54) is 11.1 Å². The van der Waals surface area contributed by atoms with Crippen molar-refractivity contribution < 1.29 is 4.79 Å². The first-order chi connectivity index (χ1) is 7.58. The molecule has 1 heterocycles. The molecule has 1 fully saturated rings. The van der Waals surface area contributed by atoms with Gasteiger partial charge in [-0.1, -0.05) is 6.07 Å². The lowest BCUT2D eigenvalue weighted by Gasteiger charge is -2.14. The minimum absolute atomic E-state index is 0.0490. The number of aryl methyl sites for hydroxylation is 2. The SMILES string of the molecule is Cc1ccc(NC2CCN(C)C2=O)cc1C. The second kappa shape index (κ2) is 4.16. The molecule has 1 aliphatic rings. The van der Waals surface area contributed by atoms with Gasteiger partial charge in [0.2, 0.25) is 5.91 Å². The molecule has 0 bridgehead atoms. The molecule has 1 unspecified atom stereocenters. The molecule has 1 aromatic carbocycles. The number of benzene rings is 1. The molecule has 1 saturated heterocycles. The van der Waals surface area contributed by atoms with Crippen LogP contribution in [0.4, 0.5) is 5.69 Å². The van der Waals surface area contributed by atoms with Crippen LogP contribution in [0, 0.1) is 13.8 Å². The van der Waals surface area contributed by atoms with Gasteiger partial charge in [-0.15, -0.1) is 0 Å². The summed E-state index contributed by atoms with van der Waals surface area (Å²) < 4.78 is 0. The van der Waals surface area contributed by atoms with Crippen LogP contribution in [-0.2, 0) is 4.79 Å². The van der Waals surface area contributed by atoms with Crippen molar-refractivity contribution in [2.24, 2.45) is 0 Å². The first-order valence-electron chi connectivity index (χ1n) is 5.66. The standard InChI is InChI=1S/C13H18N2O/c1-9-4-5-11(8-10(9)2)14-12-6-7-15(3)13(12)16/h4-5,8,12,14H,6-7H2,1-3H3. The number of likely N-dealkylation sites (N-methyl/N-ethyl adjacent to an activating group) is 1. The van der Waals surface area contributed by atoms with Gasteiger partial charge in [0.1, 0.15) is 6.04 Å². The Balaban J connectivity index is 2.10. The lowest BCUT2D eigenvalue weighted by Crippen LogP contribution is -2.30. The maximum absolute atomic E-state index is 11.7. The van der Waals surface area contributed by atoms with E-state index in [4.69, 9.17) is 0 Å². The number of nitrogens with one attached hydrogen (secondary N) is 1. The summed E-state index contributed by atoms with van der Waals surface area (Å²) in [5.74, 6) is 0.193. The van der Waals surface area contributed by atoms with E-state index < -0.39 is 0 Å². The fourth-order valence-corrected chi connectivity index (χ4v) is 1.99. The van der Waals surface area contributed by atoms with Gasteiger partial charge in [-0.3, -0.25) is 4.79 Å². The normalized spacial score (nSPS) is 20.3. The minimum atomic E-state index is -0.0490. The van der Waals surface area contributed by atoms with Gasteiger partial charge in [0.25, 0.3) is 0 Å². The number of hydrogen-bond donors (Lipinski definition) is 1. The van der Waals surface area contributed by atoms with Crippen LogP contribution in [0.2, 0.25) is 0 Å². The Kier molecular flexibility index (Phi) is 2.86. The summed E-state index contributed by atoms with van der Waals surface area (Å²) in [6.45, 7) is 5.03. The van der Waals surface area contributed by atoms with Crippen LogP contribution in [0.15, 0.2) is 18.2 Å². The average molecular weight is 218 g/mol. The van der Waals surface area contributed by atoms with Crippen molar-refractivity contribution in [3.63, 3.8) is 0 Å². The lowest BCUT2D eigenvalue weighted by atomic mass is 10.1. The van der Waals surface area contributed by atoms with Crippen molar-refractivity contribution in [3.8, 4) is 0 Å². The summed E-state index contributed by atoms with van der Waals surface area (Å²) in [6.07, 6.45) is 0.891. The molecule has 1 atom stereocenters. The fraction of sp³-hybridized carbons (Fsp3) is 0.462. The van der Waals surface area contributed by atoms with Crippen molar-refractivity contribution in [3.05, 3.63) is 29.3 Å². The molecule has 3 heteroatoms. The molecule has 0 aromatic heterocycles. The van der Waals surface area contributed by atoms with E-state index in [9.17, 15) is 4.79 Å². The Morgan fingerprint density at radius 3 is 2.62 bits per heavy atom. The van der Waals surface area contributed by atoms with Crippen LogP contribution in [0.3, 0.4) is 0 Å². The molecule has 0 aliphatic carbocycles. The maximum atomic E-state index is 11.7. The fourth-order valence-electron chi connectivity index (χ4n) is 1.99. The second-order valence-corrected chi connectivity index (χ2v) is 4.54. The van der Waals surface area contributed by atoms with Crippen molar-refractivity contribution in [1.29, 1.82) is 0 Å². The van der Waals surface area contributed by atoms with Gasteiger partial charge in [-0.2, -0.15) is 0 Å². The number of carbonyl (C=O) groups excluding carboxylic acids is 1. The third kappa shape index (κ3) is 2.03. The lowest BCUT2D eigenvalue weighted by molar-refractivity contribution is -0.127. The predicted octanol–water partition coefficient (Wildman–Crippen LogP) is 1.95. The molecule has 2 rings (SSSR count). The van der Waals surface area contributed by atoms with Crippen LogP contribution in [0.25, 0.3) is 0 Å². The zero-order valence-corrected chi connectivity index (χ0v) is 10.1. The molecule has 0 saturated carbocycles. The largest absolute Gasteiger partial charge is 0.374 e. The second-order valence-electron chi connectivity index (χ2n) is 4.54. The molecule has 1 aliphatic heterocycles. The van der Waals surface area contributed by atoms with Gasteiger partial charge in [0, 0.05) is 19.3 Å². The van der Waals surface area contributed by atoms with Gasteiger partial charge < -0.3 is 10.2 Å². The highest BCUT2D eigenvalue weighted by Gasteiger charge is 2.28. The molecular formula is C13H18N2O. The number of amides is 1. The van der Waals surface area contributed by atoms with Gasteiger partial charge in [0.05, 0.1) is 0 Å². The van der Waals surface area contributed by atoms with E-state index in [-0.39, 0.29) is 11.9 Å². The quantitative estimate of drug-likeness (QED) is 0.822. The van der Waals surface area contributed by atoms with E-state index in [0.717, 1.165) is 18.7 Å². The minimum Gasteiger partial charge on any atom is -0.374 e. The Bertz CT molecular complexity index is 414. The highest BCUT2D eigenvalue weighted by atomic mass is 16.2.